The highest BCUT2D eigenvalue weighted by Gasteiger charge is 2.37. The van der Waals surface area contributed by atoms with Crippen LogP contribution >= 0.6 is 11.3 Å². The summed E-state index contributed by atoms with van der Waals surface area (Å²) in [4.78, 5) is 19.9. The first-order valence-corrected chi connectivity index (χ1v) is 11.3. The van der Waals surface area contributed by atoms with Gasteiger partial charge in [-0.15, -0.1) is 0 Å². The highest BCUT2D eigenvalue weighted by molar-refractivity contribution is 7.91. The molecule has 2 aromatic rings. The lowest BCUT2D eigenvalue weighted by atomic mass is 10.2. The van der Waals surface area contributed by atoms with Crippen LogP contribution in [0.25, 0.3) is 4.96 Å². The van der Waals surface area contributed by atoms with E-state index in [1.54, 1.807) is 0 Å². The second-order valence-electron chi connectivity index (χ2n) is 7.11. The molecule has 2 aliphatic heterocycles. The predicted molar refractivity (Wildman–Crippen MR) is 94.0 cm³/mol. The maximum atomic E-state index is 12.0. The Morgan fingerprint density at radius 2 is 2.08 bits per heavy atom. The van der Waals surface area contributed by atoms with Gasteiger partial charge in [-0.05, 0) is 6.92 Å². The van der Waals surface area contributed by atoms with Gasteiger partial charge in [0.15, 0.2) is 14.8 Å². The van der Waals surface area contributed by atoms with Crippen molar-refractivity contribution in [3.05, 3.63) is 27.1 Å². The Bertz CT molecular complexity index is 944. The Morgan fingerprint density at radius 3 is 2.76 bits per heavy atom. The van der Waals surface area contributed by atoms with E-state index in [2.05, 4.69) is 10.1 Å². The van der Waals surface area contributed by atoms with Gasteiger partial charge in [0.25, 0.3) is 5.56 Å². The Kier molecular flexibility index (Phi) is 4.38. The van der Waals surface area contributed by atoms with Gasteiger partial charge in [0.1, 0.15) is 44.5 Å². The first-order valence-electron chi connectivity index (χ1n) is 8.64. The van der Waals surface area contributed by atoms with Crippen molar-refractivity contribution in [2.24, 2.45) is 0 Å². The van der Waals surface area contributed by atoms with Crippen LogP contribution in [0.5, 0.6) is 0 Å². The Labute approximate surface area is 150 Å². The van der Waals surface area contributed by atoms with E-state index in [9.17, 15) is 13.2 Å². The fraction of sp³-hybridized carbons (Fsp3) is 0.667. The molecule has 0 amide bonds. The molecule has 2 saturated heterocycles. The number of rotatable bonds is 3. The molecule has 0 aliphatic carbocycles. The zero-order valence-electron chi connectivity index (χ0n) is 14.2. The number of nitrogens with zero attached hydrogens (tertiary/aromatic N) is 3. The van der Waals surface area contributed by atoms with E-state index in [4.69, 9.17) is 0 Å². The van der Waals surface area contributed by atoms with Crippen LogP contribution in [0.1, 0.15) is 17.1 Å². The van der Waals surface area contributed by atoms with Crippen LogP contribution in [0, 0.1) is 6.92 Å². The van der Waals surface area contributed by atoms with Gasteiger partial charge in [-0.3, -0.25) is 4.79 Å². The van der Waals surface area contributed by atoms with E-state index in [1.165, 1.54) is 31.7 Å². The number of nitrogens with one attached hydrogen (secondary N) is 2. The maximum Gasteiger partial charge on any atom is 0.275 e. The molecule has 25 heavy (non-hydrogen) atoms. The second kappa shape index (κ2) is 6.42. The summed E-state index contributed by atoms with van der Waals surface area (Å²) >= 11 is 1.48. The number of piperazine rings is 1. The highest BCUT2D eigenvalue weighted by atomic mass is 32.2. The summed E-state index contributed by atoms with van der Waals surface area (Å²) < 4.78 is 24.7. The molecule has 0 radical (unpaired) electrons. The largest absolute Gasteiger partial charge is 0.322 e. The minimum atomic E-state index is -2.80. The second-order valence-corrected chi connectivity index (χ2v) is 10.4. The topological polar surface area (TPSA) is 90.3 Å². The molecule has 2 N–H and O–H groups in total. The summed E-state index contributed by atoms with van der Waals surface area (Å²) in [6, 6.07) is 1.78. The third-order valence-electron chi connectivity index (χ3n) is 5.23. The summed E-state index contributed by atoms with van der Waals surface area (Å²) in [5.41, 5.74) is 0.591. The summed E-state index contributed by atoms with van der Waals surface area (Å²) in [5.74, 6) is 0.702. The minimum absolute atomic E-state index is 0.128. The van der Waals surface area contributed by atoms with Gasteiger partial charge in [0, 0.05) is 18.2 Å². The highest BCUT2D eigenvalue weighted by Crippen LogP contribution is 2.10. The average molecular weight is 386 g/mol. The van der Waals surface area contributed by atoms with Crippen molar-refractivity contribution in [1.29, 1.82) is 0 Å². The molecule has 10 heteroatoms. The average Bonchev–Trinajstić information content (AvgIpc) is 3.11. The van der Waals surface area contributed by atoms with Crippen molar-refractivity contribution >= 4 is 26.1 Å². The first kappa shape index (κ1) is 17.1. The molecule has 0 saturated carbocycles. The zero-order chi connectivity index (χ0) is 17.6. The standard InChI is InChI=1S/C15H21N5O3S2/c1-11-8-14(21)20-15(16-11)24-13(17-20)9-18-3-5-19(6-4-18)12-2-7-25(22,23)10-12/h8,12H,2-7,9-10H2,1H3/p+2/t12-/m0/s1. The van der Waals surface area contributed by atoms with Crippen LogP contribution in [0.3, 0.4) is 0 Å². The normalized spacial score (nSPS) is 29.2. The quantitative estimate of drug-likeness (QED) is 0.585. The summed E-state index contributed by atoms with van der Waals surface area (Å²) in [6.45, 7) is 6.61. The minimum Gasteiger partial charge on any atom is -0.322 e. The SMILES string of the molecule is Cc1cc(=O)n2nc(C[NH+]3CC[NH+]([C@H]4CCS(=O)(=O)C4)CC3)sc2n1. The van der Waals surface area contributed by atoms with Gasteiger partial charge in [-0.2, -0.15) is 9.61 Å². The molecule has 0 unspecified atom stereocenters. The fourth-order valence-corrected chi connectivity index (χ4v) is 6.71. The third kappa shape index (κ3) is 3.62. The maximum absolute atomic E-state index is 12.0. The first-order chi connectivity index (χ1) is 11.9. The molecule has 4 rings (SSSR count). The Balaban J connectivity index is 1.39. The molecular weight excluding hydrogens is 362 g/mol. The van der Waals surface area contributed by atoms with E-state index in [0.717, 1.165) is 49.8 Å². The monoisotopic (exact) mass is 385 g/mol. The number of hydrogen-bond donors (Lipinski definition) is 2. The molecule has 136 valence electrons. The van der Waals surface area contributed by atoms with Gasteiger partial charge < -0.3 is 9.80 Å². The van der Waals surface area contributed by atoms with Crippen LogP contribution in [0.4, 0.5) is 0 Å². The van der Waals surface area contributed by atoms with Crippen LogP contribution in [0.15, 0.2) is 10.9 Å². The van der Waals surface area contributed by atoms with Crippen LogP contribution in [-0.2, 0) is 16.4 Å². The fourth-order valence-electron chi connectivity index (χ4n) is 3.87. The lowest BCUT2D eigenvalue weighted by Crippen LogP contribution is -3.29. The number of aromatic nitrogens is 3. The summed E-state index contributed by atoms with van der Waals surface area (Å²) in [7, 11) is -2.80. The molecule has 1 atom stereocenters. The van der Waals surface area contributed by atoms with Gasteiger partial charge in [-0.1, -0.05) is 11.3 Å². The lowest BCUT2D eigenvalue weighted by Gasteiger charge is -2.32. The number of fused-ring (bicyclic) bond motifs is 1. The molecule has 0 spiro atoms. The van der Waals surface area contributed by atoms with Gasteiger partial charge >= 0.3 is 0 Å². The zero-order valence-corrected chi connectivity index (χ0v) is 15.8. The number of sulfone groups is 1. The van der Waals surface area contributed by atoms with Crippen molar-refractivity contribution in [3.8, 4) is 0 Å². The van der Waals surface area contributed by atoms with Crippen LogP contribution < -0.4 is 15.4 Å². The Morgan fingerprint density at radius 1 is 1.32 bits per heavy atom. The number of hydrogen-bond acceptors (Lipinski definition) is 6. The van der Waals surface area contributed by atoms with Crippen molar-refractivity contribution in [2.45, 2.75) is 25.9 Å². The van der Waals surface area contributed by atoms with Crippen molar-refractivity contribution in [2.75, 3.05) is 37.7 Å². The molecule has 2 fully saturated rings. The molecule has 0 bridgehead atoms. The molecule has 4 heterocycles. The van der Waals surface area contributed by atoms with E-state index in [-0.39, 0.29) is 11.6 Å². The van der Waals surface area contributed by atoms with E-state index in [0.29, 0.717) is 16.5 Å². The van der Waals surface area contributed by atoms with Crippen LogP contribution in [0.2, 0.25) is 0 Å². The smallest absolute Gasteiger partial charge is 0.275 e. The van der Waals surface area contributed by atoms with Gasteiger partial charge in [0.05, 0.1) is 5.75 Å². The number of quaternary nitrogens is 2. The number of aryl methyl sites for hydroxylation is 1. The van der Waals surface area contributed by atoms with Crippen LogP contribution in [-0.4, -0.2) is 66.7 Å². The summed E-state index contributed by atoms with van der Waals surface area (Å²) in [6.07, 6.45) is 0.804. The van der Waals surface area contributed by atoms with E-state index >= 15 is 0 Å². The third-order valence-corrected chi connectivity index (χ3v) is 7.90. The Hall–Kier alpha value is -1.36. The molecule has 2 aromatic heterocycles. The molecule has 8 nitrogen and oxygen atoms in total. The van der Waals surface area contributed by atoms with Gasteiger partial charge in [0.2, 0.25) is 4.96 Å². The predicted octanol–water partition coefficient (Wildman–Crippen LogP) is -3.07. The van der Waals surface area contributed by atoms with E-state index in [1.807, 2.05) is 6.92 Å². The molecular formula is C15H23N5O3S2+2. The van der Waals surface area contributed by atoms with E-state index < -0.39 is 9.84 Å². The van der Waals surface area contributed by atoms with Gasteiger partial charge in [-0.25, -0.2) is 13.4 Å². The summed E-state index contributed by atoms with van der Waals surface area (Å²) in [5, 5.41) is 5.34. The molecule has 0 aromatic carbocycles. The van der Waals surface area contributed by atoms with Crippen molar-refractivity contribution < 1.29 is 18.2 Å². The van der Waals surface area contributed by atoms with Crippen molar-refractivity contribution in [1.82, 2.24) is 14.6 Å². The lowest BCUT2D eigenvalue weighted by molar-refractivity contribution is -1.03. The van der Waals surface area contributed by atoms with Crippen molar-refractivity contribution in [3.63, 3.8) is 0 Å². The molecule has 2 aliphatic rings.